The maximum atomic E-state index is 13.0. The Morgan fingerprint density at radius 2 is 2.31 bits per heavy atom. The Balaban J connectivity index is 2.00. The van der Waals surface area contributed by atoms with E-state index in [2.05, 4.69) is 20.8 Å². The fourth-order valence-electron chi connectivity index (χ4n) is 2.07. The second-order valence-electron chi connectivity index (χ2n) is 4.28. The maximum Gasteiger partial charge on any atom is 0.137 e. The highest BCUT2D eigenvalue weighted by atomic mass is 79.9. The average molecular weight is 288 g/mol. The van der Waals surface area contributed by atoms with Crippen molar-refractivity contribution in [1.29, 1.82) is 0 Å². The molecule has 0 aromatic heterocycles. The van der Waals surface area contributed by atoms with Crippen LogP contribution in [0.25, 0.3) is 0 Å². The van der Waals surface area contributed by atoms with Crippen molar-refractivity contribution in [3.8, 4) is 0 Å². The lowest BCUT2D eigenvalue weighted by atomic mass is 10.1. The van der Waals surface area contributed by atoms with E-state index >= 15 is 0 Å². The molecule has 88 valence electrons. The van der Waals surface area contributed by atoms with Crippen molar-refractivity contribution in [1.82, 2.24) is 4.90 Å². The molecule has 0 amide bonds. The van der Waals surface area contributed by atoms with Gasteiger partial charge in [-0.1, -0.05) is 6.07 Å². The first-order valence-corrected chi connectivity index (χ1v) is 6.29. The zero-order valence-corrected chi connectivity index (χ0v) is 10.6. The third kappa shape index (κ3) is 3.03. The fourth-order valence-corrected chi connectivity index (χ4v) is 2.50. The van der Waals surface area contributed by atoms with Crippen LogP contribution in [0.2, 0.25) is 0 Å². The van der Waals surface area contributed by atoms with Crippen LogP contribution < -0.4 is 0 Å². The molecule has 0 radical (unpaired) electrons. The van der Waals surface area contributed by atoms with Gasteiger partial charge in [-0.2, -0.15) is 0 Å². The minimum Gasteiger partial charge on any atom is -0.392 e. The van der Waals surface area contributed by atoms with E-state index in [0.717, 1.165) is 38.0 Å². The Labute approximate surface area is 103 Å². The zero-order chi connectivity index (χ0) is 11.5. The molecule has 0 saturated carbocycles. The third-order valence-corrected chi connectivity index (χ3v) is 3.48. The van der Waals surface area contributed by atoms with Gasteiger partial charge in [0.2, 0.25) is 0 Å². The molecule has 1 fully saturated rings. The summed E-state index contributed by atoms with van der Waals surface area (Å²) in [6.45, 7) is 2.50. The summed E-state index contributed by atoms with van der Waals surface area (Å²) in [5, 5.41) is 9.55. The highest BCUT2D eigenvalue weighted by molar-refractivity contribution is 9.10. The first-order chi connectivity index (χ1) is 7.65. The summed E-state index contributed by atoms with van der Waals surface area (Å²) in [5.74, 6) is -0.234. The first kappa shape index (κ1) is 12.0. The highest BCUT2D eigenvalue weighted by Crippen LogP contribution is 2.19. The van der Waals surface area contributed by atoms with Crippen molar-refractivity contribution in [3.05, 3.63) is 34.1 Å². The van der Waals surface area contributed by atoms with E-state index in [1.807, 2.05) is 0 Å². The molecule has 1 atom stereocenters. The van der Waals surface area contributed by atoms with E-state index in [-0.39, 0.29) is 11.9 Å². The monoisotopic (exact) mass is 287 g/mol. The van der Waals surface area contributed by atoms with Crippen LogP contribution in [0.15, 0.2) is 22.7 Å². The zero-order valence-electron chi connectivity index (χ0n) is 9.00. The van der Waals surface area contributed by atoms with E-state index in [1.165, 1.54) is 6.07 Å². The van der Waals surface area contributed by atoms with Gasteiger partial charge >= 0.3 is 0 Å². The van der Waals surface area contributed by atoms with E-state index in [1.54, 1.807) is 12.1 Å². The summed E-state index contributed by atoms with van der Waals surface area (Å²) >= 11 is 3.18. The molecular formula is C12H15BrFNO. The highest BCUT2D eigenvalue weighted by Gasteiger charge is 2.17. The molecule has 1 aromatic rings. The van der Waals surface area contributed by atoms with Crippen LogP contribution in [-0.2, 0) is 6.54 Å². The Morgan fingerprint density at radius 3 is 3.00 bits per heavy atom. The number of halogens is 2. The van der Waals surface area contributed by atoms with Crippen LogP contribution in [0.4, 0.5) is 4.39 Å². The predicted molar refractivity (Wildman–Crippen MR) is 64.6 cm³/mol. The smallest absolute Gasteiger partial charge is 0.137 e. The molecule has 1 aliphatic heterocycles. The Hall–Kier alpha value is -0.450. The molecule has 1 aliphatic rings. The normalized spacial score (nSPS) is 22.3. The van der Waals surface area contributed by atoms with Crippen molar-refractivity contribution in [2.75, 3.05) is 13.1 Å². The number of nitrogens with zero attached hydrogens (tertiary/aromatic N) is 1. The van der Waals surface area contributed by atoms with Gasteiger partial charge in [-0.25, -0.2) is 4.39 Å². The van der Waals surface area contributed by atoms with E-state index < -0.39 is 0 Å². The van der Waals surface area contributed by atoms with Gasteiger partial charge in [0.15, 0.2) is 0 Å². The summed E-state index contributed by atoms with van der Waals surface area (Å²) in [5.41, 5.74) is 1.07. The maximum absolute atomic E-state index is 13.0. The Kier molecular flexibility index (Phi) is 3.95. The van der Waals surface area contributed by atoms with E-state index in [9.17, 15) is 9.50 Å². The van der Waals surface area contributed by atoms with Crippen LogP contribution >= 0.6 is 15.9 Å². The summed E-state index contributed by atoms with van der Waals surface area (Å²) in [7, 11) is 0. The van der Waals surface area contributed by atoms with Gasteiger partial charge < -0.3 is 5.11 Å². The molecule has 1 saturated heterocycles. The van der Waals surface area contributed by atoms with Crippen LogP contribution in [0.3, 0.4) is 0 Å². The number of hydrogen-bond acceptors (Lipinski definition) is 2. The molecule has 1 unspecified atom stereocenters. The SMILES string of the molecule is OC1CCCN(Cc2ccc(F)c(Br)c2)C1. The number of piperidine rings is 1. The van der Waals surface area contributed by atoms with E-state index in [0.29, 0.717) is 4.47 Å². The molecule has 2 nitrogen and oxygen atoms in total. The standard InChI is InChI=1S/C12H15BrFNO/c13-11-6-9(3-4-12(11)14)7-15-5-1-2-10(16)8-15/h3-4,6,10,16H,1-2,5,7-8H2. The van der Waals surface area contributed by atoms with Gasteiger partial charge in [0.1, 0.15) is 5.82 Å². The molecule has 1 aromatic carbocycles. The largest absolute Gasteiger partial charge is 0.392 e. The molecule has 16 heavy (non-hydrogen) atoms. The van der Waals surface area contributed by atoms with Gasteiger partial charge in [-0.05, 0) is 53.0 Å². The lowest BCUT2D eigenvalue weighted by Crippen LogP contribution is -2.37. The number of β-amino-alcohol motifs (C(OH)–C–C–N with tert-alkyl or cyclic N) is 1. The van der Waals surface area contributed by atoms with Crippen LogP contribution in [0.5, 0.6) is 0 Å². The van der Waals surface area contributed by atoms with Gasteiger partial charge in [0, 0.05) is 13.1 Å². The van der Waals surface area contributed by atoms with Gasteiger partial charge in [0.05, 0.1) is 10.6 Å². The molecule has 1 N–H and O–H groups in total. The van der Waals surface area contributed by atoms with Crippen molar-refractivity contribution >= 4 is 15.9 Å². The van der Waals surface area contributed by atoms with Gasteiger partial charge in [0.25, 0.3) is 0 Å². The molecule has 0 spiro atoms. The van der Waals surface area contributed by atoms with Crippen LogP contribution in [0, 0.1) is 5.82 Å². The van der Waals surface area contributed by atoms with Crippen molar-refractivity contribution < 1.29 is 9.50 Å². The summed E-state index contributed by atoms with van der Waals surface area (Å²) < 4.78 is 13.5. The lowest BCUT2D eigenvalue weighted by Gasteiger charge is -2.29. The van der Waals surface area contributed by atoms with Crippen LogP contribution in [0.1, 0.15) is 18.4 Å². The summed E-state index contributed by atoms with van der Waals surface area (Å²) in [6.07, 6.45) is 1.71. The van der Waals surface area contributed by atoms with Gasteiger partial charge in [-0.3, -0.25) is 4.90 Å². The lowest BCUT2D eigenvalue weighted by molar-refractivity contribution is 0.0668. The predicted octanol–water partition coefficient (Wildman–Crippen LogP) is 2.54. The Morgan fingerprint density at radius 1 is 1.50 bits per heavy atom. The number of likely N-dealkylation sites (tertiary alicyclic amines) is 1. The molecular weight excluding hydrogens is 273 g/mol. The second-order valence-corrected chi connectivity index (χ2v) is 5.13. The third-order valence-electron chi connectivity index (χ3n) is 2.87. The first-order valence-electron chi connectivity index (χ1n) is 5.49. The molecule has 2 rings (SSSR count). The number of aliphatic hydroxyl groups excluding tert-OH is 1. The summed E-state index contributed by atoms with van der Waals surface area (Å²) in [4.78, 5) is 2.20. The molecule has 0 bridgehead atoms. The number of rotatable bonds is 2. The minimum absolute atomic E-state index is 0.211. The molecule has 1 heterocycles. The van der Waals surface area contributed by atoms with Crippen molar-refractivity contribution in [3.63, 3.8) is 0 Å². The quantitative estimate of drug-likeness (QED) is 0.904. The van der Waals surface area contributed by atoms with Gasteiger partial charge in [-0.15, -0.1) is 0 Å². The van der Waals surface area contributed by atoms with Crippen molar-refractivity contribution in [2.24, 2.45) is 0 Å². The number of benzene rings is 1. The van der Waals surface area contributed by atoms with E-state index in [4.69, 9.17) is 0 Å². The second kappa shape index (κ2) is 5.25. The minimum atomic E-state index is -0.234. The molecule has 0 aliphatic carbocycles. The number of aliphatic hydroxyl groups is 1. The molecule has 4 heteroatoms. The Bertz CT molecular complexity index is 372. The fraction of sp³-hybridized carbons (Fsp3) is 0.500. The van der Waals surface area contributed by atoms with Crippen LogP contribution in [-0.4, -0.2) is 29.2 Å². The van der Waals surface area contributed by atoms with Crippen molar-refractivity contribution in [2.45, 2.75) is 25.5 Å². The summed E-state index contributed by atoms with van der Waals surface area (Å²) in [6, 6.07) is 5.07. The topological polar surface area (TPSA) is 23.5 Å². The number of hydrogen-bond donors (Lipinski definition) is 1. The average Bonchev–Trinajstić information content (AvgIpc) is 2.24.